The second-order valence-corrected chi connectivity index (χ2v) is 11.1. The molecule has 34 heavy (non-hydrogen) atoms. The van der Waals surface area contributed by atoms with E-state index in [9.17, 15) is 0 Å². The summed E-state index contributed by atoms with van der Waals surface area (Å²) in [5.41, 5.74) is 7.88. The summed E-state index contributed by atoms with van der Waals surface area (Å²) in [5, 5.41) is 0. The zero-order chi connectivity index (χ0) is 22.4. The molecule has 4 heteroatoms. The molecular weight excluding hydrogens is 643 g/mol. The van der Waals surface area contributed by atoms with E-state index >= 15 is 0 Å². The van der Waals surface area contributed by atoms with Crippen molar-refractivity contribution in [2.45, 2.75) is 21.6 Å². The van der Waals surface area contributed by atoms with Gasteiger partial charge in [0.05, 0.1) is 0 Å². The first kappa shape index (κ1) is 24.3. The third-order valence-electron chi connectivity index (χ3n) is 6.17. The van der Waals surface area contributed by atoms with Gasteiger partial charge >= 0.3 is 26.2 Å². The molecule has 6 bridgehead atoms. The zero-order valence-electron chi connectivity index (χ0n) is 20.1. The fourth-order valence-electron chi connectivity index (χ4n) is 4.66. The van der Waals surface area contributed by atoms with E-state index < -0.39 is 0 Å². The molecule has 0 spiro atoms. The summed E-state index contributed by atoms with van der Waals surface area (Å²) in [4.78, 5) is 2.59. The van der Waals surface area contributed by atoms with Gasteiger partial charge in [0.2, 0.25) is 0 Å². The van der Waals surface area contributed by atoms with Crippen LogP contribution in [0.15, 0.2) is 104 Å². The Bertz CT molecular complexity index is 1440. The fourth-order valence-corrected chi connectivity index (χ4v) is 7.10. The standard InChI is InChI=1S/C15H8BrS.C15H10Br.Zr.2H/c16-14-8-12-7-10-4-5-13(15(10)14)9-2-1-3-11(6-9)17-12;16-14-8-4-7-12-9-10-13(15(12)14)11-5-2-1-3-6-11;;;/h1-4,6-8,13H;1-9,13H;;;/q2*-1;+4;2*-1. The van der Waals surface area contributed by atoms with Crippen LogP contribution in [0.3, 0.4) is 0 Å². The largest absolute Gasteiger partial charge is 4.00 e. The summed E-state index contributed by atoms with van der Waals surface area (Å²) >= 11 is 9.15. The molecule has 4 aliphatic rings. The molecule has 0 fully saturated rings. The molecule has 0 saturated carbocycles. The van der Waals surface area contributed by atoms with E-state index in [2.05, 4.69) is 135 Å². The summed E-state index contributed by atoms with van der Waals surface area (Å²) in [6.07, 6.45) is 11.1. The zero-order valence-corrected chi connectivity index (χ0v) is 24.5. The van der Waals surface area contributed by atoms with Crippen molar-refractivity contribution in [3.8, 4) is 0 Å². The molecule has 2 atom stereocenters. The average molecular weight is 664 g/mol. The van der Waals surface area contributed by atoms with Crippen molar-refractivity contribution >= 4 is 55.8 Å². The van der Waals surface area contributed by atoms with Gasteiger partial charge in [0.1, 0.15) is 0 Å². The van der Waals surface area contributed by atoms with Crippen LogP contribution in [-0.4, -0.2) is 0 Å². The first-order chi connectivity index (χ1) is 16.2. The Hall–Kier alpha value is -1.45. The molecule has 0 saturated heterocycles. The van der Waals surface area contributed by atoms with Crippen molar-refractivity contribution < 1.29 is 29.1 Å². The molecule has 4 aromatic carbocycles. The molecule has 0 N–H and O–H groups in total. The van der Waals surface area contributed by atoms with E-state index in [4.69, 9.17) is 0 Å². The van der Waals surface area contributed by atoms with E-state index in [0.717, 1.165) is 0 Å². The van der Waals surface area contributed by atoms with Crippen molar-refractivity contribution in [3.05, 3.63) is 139 Å². The van der Waals surface area contributed by atoms with Crippen molar-refractivity contribution in [2.75, 3.05) is 0 Å². The first-order valence-electron chi connectivity index (χ1n) is 10.8. The van der Waals surface area contributed by atoms with Crippen molar-refractivity contribution in [3.63, 3.8) is 0 Å². The van der Waals surface area contributed by atoms with E-state index in [-0.39, 0.29) is 40.9 Å². The number of hydrogen-bond donors (Lipinski definition) is 0. The molecule has 2 aliphatic heterocycles. The monoisotopic (exact) mass is 660 g/mol. The average Bonchev–Trinajstić information content (AvgIpc) is 3.47. The predicted molar refractivity (Wildman–Crippen MR) is 147 cm³/mol. The number of fused-ring (bicyclic) bond motifs is 2. The maximum Gasteiger partial charge on any atom is 4.00 e. The van der Waals surface area contributed by atoms with Gasteiger partial charge in [-0.15, -0.1) is 23.3 Å². The van der Waals surface area contributed by atoms with Gasteiger partial charge < -0.3 is 2.85 Å². The molecule has 0 radical (unpaired) electrons. The van der Waals surface area contributed by atoms with Gasteiger partial charge in [-0.2, -0.15) is 11.1 Å². The van der Waals surface area contributed by atoms with Crippen LogP contribution >= 0.6 is 43.6 Å². The summed E-state index contributed by atoms with van der Waals surface area (Å²) in [7, 11) is 0. The second kappa shape index (κ2) is 10.3. The molecule has 0 amide bonds. The molecule has 4 aromatic rings. The first-order valence-corrected chi connectivity index (χ1v) is 13.2. The van der Waals surface area contributed by atoms with E-state index in [1.54, 1.807) is 0 Å². The Kier molecular flexibility index (Phi) is 7.33. The Labute approximate surface area is 243 Å². The molecule has 0 nitrogen and oxygen atoms in total. The summed E-state index contributed by atoms with van der Waals surface area (Å²) in [6, 6.07) is 30.0. The van der Waals surface area contributed by atoms with Crippen LogP contribution in [0.5, 0.6) is 0 Å². The molecule has 2 heterocycles. The van der Waals surface area contributed by atoms with E-state index in [0.29, 0.717) is 0 Å². The number of benzene rings is 4. The third kappa shape index (κ3) is 4.55. The summed E-state index contributed by atoms with van der Waals surface area (Å²) in [5.74, 6) is 0.554. The van der Waals surface area contributed by atoms with Crippen LogP contribution in [0.2, 0.25) is 0 Å². The van der Waals surface area contributed by atoms with Gasteiger partial charge in [-0.25, -0.2) is 12.2 Å². The Morgan fingerprint density at radius 1 is 0.618 bits per heavy atom. The minimum atomic E-state index is 0. The fraction of sp³-hybridized carbons (Fsp3) is 0.0667. The number of allylic oxidation sites excluding steroid dienone is 2. The van der Waals surface area contributed by atoms with E-state index in [1.807, 2.05) is 17.8 Å². The van der Waals surface area contributed by atoms with Crippen LogP contribution in [0.25, 0.3) is 12.2 Å². The normalized spacial score (nSPS) is 17.7. The molecular formula is C30H20Br2SZr. The Balaban J connectivity index is 0.000000185. The SMILES string of the molecule is Brc1cc2cc3c1C([C-]=C3)c1cccc(c1)S2.Brc1cccc2c1C(c1ccccc1)[C-]=C2.[H-].[H-].[Zr+4]. The molecule has 8 rings (SSSR count). The van der Waals surface area contributed by atoms with Gasteiger partial charge in [0.25, 0.3) is 0 Å². The third-order valence-corrected chi connectivity index (χ3v) is 8.48. The van der Waals surface area contributed by atoms with Crippen LogP contribution in [0.4, 0.5) is 0 Å². The maximum atomic E-state index is 3.70. The van der Waals surface area contributed by atoms with Crippen LogP contribution in [0, 0.1) is 12.2 Å². The van der Waals surface area contributed by atoms with Crippen molar-refractivity contribution in [2.24, 2.45) is 0 Å². The summed E-state index contributed by atoms with van der Waals surface area (Å²) in [6.45, 7) is 0. The van der Waals surface area contributed by atoms with E-state index in [1.165, 1.54) is 52.1 Å². The Morgan fingerprint density at radius 2 is 1.29 bits per heavy atom. The molecule has 2 aliphatic carbocycles. The van der Waals surface area contributed by atoms with Crippen LogP contribution in [0.1, 0.15) is 48.1 Å². The van der Waals surface area contributed by atoms with Gasteiger partial charge in [0, 0.05) is 13.8 Å². The van der Waals surface area contributed by atoms with Gasteiger partial charge in [-0.3, -0.25) is 12.2 Å². The van der Waals surface area contributed by atoms with Crippen LogP contribution < -0.4 is 0 Å². The summed E-state index contributed by atoms with van der Waals surface area (Å²) < 4.78 is 2.37. The topological polar surface area (TPSA) is 0 Å². The number of hydrogen-bond acceptors (Lipinski definition) is 1. The predicted octanol–water partition coefficient (Wildman–Crippen LogP) is 9.51. The smallest absolute Gasteiger partial charge is 1.00 e. The molecule has 2 unspecified atom stereocenters. The number of rotatable bonds is 1. The van der Waals surface area contributed by atoms with Crippen molar-refractivity contribution in [1.82, 2.24) is 0 Å². The quantitative estimate of drug-likeness (QED) is 0.183. The second-order valence-electron chi connectivity index (χ2n) is 8.22. The van der Waals surface area contributed by atoms with Crippen LogP contribution in [-0.2, 0) is 26.2 Å². The Morgan fingerprint density at radius 3 is 2.12 bits per heavy atom. The number of halogens is 2. The van der Waals surface area contributed by atoms with Gasteiger partial charge in [-0.05, 0) is 23.1 Å². The van der Waals surface area contributed by atoms with Gasteiger partial charge in [0.15, 0.2) is 0 Å². The van der Waals surface area contributed by atoms with Gasteiger partial charge in [-0.1, -0.05) is 121 Å². The minimum Gasteiger partial charge on any atom is -1.00 e. The minimum absolute atomic E-state index is 0. The van der Waals surface area contributed by atoms with Crippen molar-refractivity contribution in [1.29, 1.82) is 0 Å². The molecule has 164 valence electrons. The maximum absolute atomic E-state index is 3.70. The molecule has 0 aromatic heterocycles.